The molecule has 0 atom stereocenters. The van der Waals surface area contributed by atoms with E-state index in [1.807, 2.05) is 13.0 Å². The number of hydrogen-bond donors (Lipinski definition) is 1. The van der Waals surface area contributed by atoms with Crippen LogP contribution in [0, 0.1) is 0 Å². The van der Waals surface area contributed by atoms with Gasteiger partial charge in [-0.25, -0.2) is 9.97 Å². The number of hydrogen-bond acceptors (Lipinski definition) is 3. The highest BCUT2D eigenvalue weighted by Crippen LogP contribution is 2.14. The van der Waals surface area contributed by atoms with Gasteiger partial charge in [0.05, 0.1) is 0 Å². The Kier molecular flexibility index (Phi) is 4.24. The predicted molar refractivity (Wildman–Crippen MR) is 59.7 cm³/mol. The number of carbonyl (C=O) groups is 1. The molecule has 0 radical (unpaired) electrons. The molecule has 1 amide bonds. The summed E-state index contributed by atoms with van der Waals surface area (Å²) < 4.78 is 0. The Morgan fingerprint density at radius 2 is 2.20 bits per heavy atom. The molecule has 1 N–H and O–H groups in total. The average Bonchev–Trinajstić information content (AvgIpc) is 2.21. The standard InChI is InChI=1S/C10H12ClN3O/c1-3-4-7(2)10(15)14-9-8(11)12-5-6-13-9/h4-6H,3H2,1-2H3,(H,13,14,15)/b7-4-. The van der Waals surface area contributed by atoms with E-state index in [2.05, 4.69) is 15.3 Å². The lowest BCUT2D eigenvalue weighted by Gasteiger charge is -2.04. The van der Waals surface area contributed by atoms with Gasteiger partial charge in [-0.05, 0) is 13.3 Å². The molecule has 0 unspecified atom stereocenters. The maximum atomic E-state index is 11.5. The number of aromatic nitrogens is 2. The molecule has 80 valence electrons. The molecule has 0 saturated carbocycles. The van der Waals surface area contributed by atoms with E-state index in [1.165, 1.54) is 12.4 Å². The molecule has 1 rings (SSSR count). The maximum Gasteiger partial charge on any atom is 0.252 e. The number of allylic oxidation sites excluding steroid dienone is 1. The number of nitrogens with zero attached hydrogens (tertiary/aromatic N) is 2. The molecule has 1 heterocycles. The highest BCUT2D eigenvalue weighted by atomic mass is 35.5. The lowest BCUT2D eigenvalue weighted by atomic mass is 10.2. The fourth-order valence-electron chi connectivity index (χ4n) is 1.01. The molecular weight excluding hydrogens is 214 g/mol. The number of carbonyl (C=O) groups excluding carboxylic acids is 1. The van der Waals surface area contributed by atoms with Crippen molar-refractivity contribution in [1.29, 1.82) is 0 Å². The molecule has 0 fully saturated rings. The van der Waals surface area contributed by atoms with Crippen molar-refractivity contribution in [2.45, 2.75) is 20.3 Å². The van der Waals surface area contributed by atoms with Crippen molar-refractivity contribution in [2.24, 2.45) is 0 Å². The second-order valence-corrected chi connectivity index (χ2v) is 3.30. The normalized spacial score (nSPS) is 11.3. The van der Waals surface area contributed by atoms with Crippen LogP contribution in [-0.4, -0.2) is 15.9 Å². The molecule has 5 heteroatoms. The van der Waals surface area contributed by atoms with E-state index in [0.29, 0.717) is 5.57 Å². The Morgan fingerprint density at radius 3 is 2.80 bits per heavy atom. The number of anilines is 1. The average molecular weight is 226 g/mol. The van der Waals surface area contributed by atoms with Gasteiger partial charge in [0.1, 0.15) is 0 Å². The summed E-state index contributed by atoms with van der Waals surface area (Å²) in [5.74, 6) is 0.0762. The van der Waals surface area contributed by atoms with Crippen LogP contribution in [0.5, 0.6) is 0 Å². The molecule has 0 aliphatic heterocycles. The molecule has 0 aliphatic rings. The summed E-state index contributed by atoms with van der Waals surface area (Å²) in [5.41, 5.74) is 0.638. The first-order chi connectivity index (χ1) is 7.15. The van der Waals surface area contributed by atoms with Gasteiger partial charge < -0.3 is 5.32 Å². The second kappa shape index (κ2) is 5.46. The van der Waals surface area contributed by atoms with Crippen LogP contribution >= 0.6 is 11.6 Å². The van der Waals surface area contributed by atoms with Gasteiger partial charge in [-0.1, -0.05) is 24.6 Å². The molecule has 0 spiro atoms. The highest BCUT2D eigenvalue weighted by molar-refractivity contribution is 6.32. The zero-order chi connectivity index (χ0) is 11.3. The van der Waals surface area contributed by atoms with E-state index in [4.69, 9.17) is 11.6 Å². The summed E-state index contributed by atoms with van der Waals surface area (Å²) >= 11 is 5.74. The minimum absolute atomic E-state index is 0.190. The van der Waals surface area contributed by atoms with E-state index < -0.39 is 0 Å². The number of amides is 1. The number of rotatable bonds is 3. The molecule has 1 aromatic rings. The summed E-state index contributed by atoms with van der Waals surface area (Å²) in [5, 5.41) is 2.77. The summed E-state index contributed by atoms with van der Waals surface area (Å²) in [6.45, 7) is 3.70. The first-order valence-corrected chi connectivity index (χ1v) is 4.97. The quantitative estimate of drug-likeness (QED) is 0.804. The Hall–Kier alpha value is -1.42. The van der Waals surface area contributed by atoms with Gasteiger partial charge in [0.15, 0.2) is 11.0 Å². The third kappa shape index (κ3) is 3.32. The summed E-state index contributed by atoms with van der Waals surface area (Å²) in [7, 11) is 0. The molecule has 1 aromatic heterocycles. The first-order valence-electron chi connectivity index (χ1n) is 4.59. The van der Waals surface area contributed by atoms with Crippen LogP contribution in [-0.2, 0) is 4.79 Å². The van der Waals surface area contributed by atoms with E-state index >= 15 is 0 Å². The monoisotopic (exact) mass is 225 g/mol. The van der Waals surface area contributed by atoms with E-state index in [0.717, 1.165) is 6.42 Å². The Labute approximate surface area is 93.4 Å². The molecule has 0 aromatic carbocycles. The van der Waals surface area contributed by atoms with Crippen molar-refractivity contribution >= 4 is 23.3 Å². The van der Waals surface area contributed by atoms with Crippen LogP contribution in [0.25, 0.3) is 0 Å². The Balaban J connectivity index is 2.75. The van der Waals surface area contributed by atoms with E-state index in [9.17, 15) is 4.79 Å². The maximum absolute atomic E-state index is 11.5. The van der Waals surface area contributed by atoms with Crippen molar-refractivity contribution in [3.63, 3.8) is 0 Å². The molecule has 4 nitrogen and oxygen atoms in total. The van der Waals surface area contributed by atoms with Crippen LogP contribution in [0.15, 0.2) is 24.0 Å². The minimum atomic E-state index is -0.209. The minimum Gasteiger partial charge on any atom is -0.304 e. The number of halogens is 1. The summed E-state index contributed by atoms with van der Waals surface area (Å²) in [6.07, 6.45) is 5.58. The molecule has 0 bridgehead atoms. The van der Waals surface area contributed by atoms with Crippen LogP contribution in [0.2, 0.25) is 5.15 Å². The van der Waals surface area contributed by atoms with Crippen molar-refractivity contribution in [1.82, 2.24) is 9.97 Å². The second-order valence-electron chi connectivity index (χ2n) is 2.95. The third-order valence-corrected chi connectivity index (χ3v) is 2.03. The zero-order valence-electron chi connectivity index (χ0n) is 8.62. The number of nitrogens with one attached hydrogen (secondary N) is 1. The van der Waals surface area contributed by atoms with Crippen LogP contribution in [0.3, 0.4) is 0 Å². The first kappa shape index (κ1) is 11.7. The topological polar surface area (TPSA) is 54.9 Å². The van der Waals surface area contributed by atoms with Crippen molar-refractivity contribution < 1.29 is 4.79 Å². The summed E-state index contributed by atoms with van der Waals surface area (Å²) in [4.78, 5) is 19.3. The van der Waals surface area contributed by atoms with Crippen molar-refractivity contribution in [3.05, 3.63) is 29.2 Å². The predicted octanol–water partition coefficient (Wildman–Crippen LogP) is 2.42. The molecule has 15 heavy (non-hydrogen) atoms. The molecular formula is C10H12ClN3O. The van der Waals surface area contributed by atoms with Gasteiger partial charge in [0.25, 0.3) is 5.91 Å². The Morgan fingerprint density at radius 1 is 1.53 bits per heavy atom. The largest absolute Gasteiger partial charge is 0.304 e. The van der Waals surface area contributed by atoms with Gasteiger partial charge in [0.2, 0.25) is 0 Å². The fourth-order valence-corrected chi connectivity index (χ4v) is 1.16. The lowest BCUT2D eigenvalue weighted by molar-refractivity contribution is -0.112. The van der Waals surface area contributed by atoms with Crippen LogP contribution in [0.1, 0.15) is 20.3 Å². The van der Waals surface area contributed by atoms with Gasteiger partial charge in [-0.2, -0.15) is 0 Å². The van der Waals surface area contributed by atoms with Gasteiger partial charge in [-0.15, -0.1) is 0 Å². The van der Waals surface area contributed by atoms with Gasteiger partial charge in [-0.3, -0.25) is 4.79 Å². The van der Waals surface area contributed by atoms with Crippen LogP contribution < -0.4 is 5.32 Å². The van der Waals surface area contributed by atoms with Crippen molar-refractivity contribution in [3.8, 4) is 0 Å². The molecule has 0 aliphatic carbocycles. The van der Waals surface area contributed by atoms with E-state index in [-0.39, 0.29) is 16.9 Å². The smallest absolute Gasteiger partial charge is 0.252 e. The third-order valence-electron chi connectivity index (χ3n) is 1.75. The fraction of sp³-hybridized carbons (Fsp3) is 0.300. The Bertz CT molecular complexity index is 390. The SMILES string of the molecule is CC/C=C(/C)C(=O)Nc1nccnc1Cl. The van der Waals surface area contributed by atoms with Crippen molar-refractivity contribution in [2.75, 3.05) is 5.32 Å². The highest BCUT2D eigenvalue weighted by Gasteiger charge is 2.08. The van der Waals surface area contributed by atoms with E-state index in [1.54, 1.807) is 6.92 Å². The van der Waals surface area contributed by atoms with Crippen LogP contribution in [0.4, 0.5) is 5.82 Å². The van der Waals surface area contributed by atoms with Gasteiger partial charge >= 0.3 is 0 Å². The zero-order valence-corrected chi connectivity index (χ0v) is 9.38. The van der Waals surface area contributed by atoms with Gasteiger partial charge in [0, 0.05) is 18.0 Å². The molecule has 0 saturated heterocycles. The summed E-state index contributed by atoms with van der Waals surface area (Å²) in [6, 6.07) is 0. The lowest BCUT2D eigenvalue weighted by Crippen LogP contribution is -2.14.